The fourth-order valence-electron chi connectivity index (χ4n) is 4.22. The van der Waals surface area contributed by atoms with E-state index in [0.717, 1.165) is 27.8 Å². The summed E-state index contributed by atoms with van der Waals surface area (Å²) < 4.78 is 10.8. The molecule has 1 atom stereocenters. The van der Waals surface area contributed by atoms with Crippen LogP contribution in [0.15, 0.2) is 78.9 Å². The molecule has 2 amide bonds. The molecular weight excluding hydrogens is 460 g/mol. The molecule has 1 aliphatic carbocycles. The van der Waals surface area contributed by atoms with Crippen molar-refractivity contribution in [2.45, 2.75) is 38.0 Å². The molecule has 0 saturated carbocycles. The van der Waals surface area contributed by atoms with Crippen LogP contribution in [0.1, 0.15) is 42.1 Å². The van der Waals surface area contributed by atoms with E-state index in [1.54, 1.807) is 0 Å². The first-order valence-corrected chi connectivity index (χ1v) is 11.9. The monoisotopic (exact) mass is 488 g/mol. The number of benzene rings is 3. The lowest BCUT2D eigenvalue weighted by atomic mass is 10.1. The summed E-state index contributed by atoms with van der Waals surface area (Å²) in [6.45, 7) is 0.510. The minimum Gasteiger partial charge on any atom is -0.480 e. The summed E-state index contributed by atoms with van der Waals surface area (Å²) in [5, 5.41) is 14.7. The van der Waals surface area contributed by atoms with Crippen LogP contribution in [0.25, 0.3) is 11.1 Å². The number of carbonyl (C=O) groups excluding carboxylic acids is 2. The zero-order chi connectivity index (χ0) is 25.3. The molecule has 0 fully saturated rings. The fourth-order valence-corrected chi connectivity index (χ4v) is 4.22. The first kappa shape index (κ1) is 24.8. The number of rotatable bonds is 10. The van der Waals surface area contributed by atoms with E-state index in [-0.39, 0.29) is 13.0 Å². The van der Waals surface area contributed by atoms with Crippen LogP contribution in [-0.4, -0.2) is 35.8 Å². The number of hydrogen-bond donors (Lipinski definition) is 3. The zero-order valence-corrected chi connectivity index (χ0v) is 19.7. The highest BCUT2D eigenvalue weighted by Gasteiger charge is 2.32. The van der Waals surface area contributed by atoms with Gasteiger partial charge in [0.15, 0.2) is 6.10 Å². The Kier molecular flexibility index (Phi) is 8.18. The fraction of sp³-hybridized carbons (Fsp3) is 0.250. The molecule has 3 aromatic carbocycles. The third-order valence-electron chi connectivity index (χ3n) is 5.99. The summed E-state index contributed by atoms with van der Waals surface area (Å²) in [6.07, 6.45) is -0.717. The second kappa shape index (κ2) is 11.9. The number of fused-ring (bicyclic) bond motifs is 3. The summed E-state index contributed by atoms with van der Waals surface area (Å²) in [4.78, 5) is 36.1. The molecule has 0 aromatic heterocycles. The Labute approximate surface area is 209 Å². The van der Waals surface area contributed by atoms with E-state index in [9.17, 15) is 19.5 Å². The molecule has 186 valence electrons. The number of unbranched alkanes of at least 4 members (excludes halogenated alkanes) is 1. The number of carboxylic acid groups (broad SMARTS) is 1. The van der Waals surface area contributed by atoms with Crippen molar-refractivity contribution in [3.63, 3.8) is 0 Å². The number of nitrogens with one attached hydrogen (secondary N) is 2. The third-order valence-corrected chi connectivity index (χ3v) is 5.99. The molecule has 0 unspecified atom stereocenters. The van der Waals surface area contributed by atoms with Gasteiger partial charge in [-0.2, -0.15) is 0 Å². The van der Waals surface area contributed by atoms with E-state index >= 15 is 0 Å². The Balaban J connectivity index is 1.22. The van der Waals surface area contributed by atoms with E-state index in [0.29, 0.717) is 19.4 Å². The molecule has 0 saturated heterocycles. The van der Waals surface area contributed by atoms with E-state index in [4.69, 9.17) is 9.47 Å². The van der Waals surface area contributed by atoms with Crippen molar-refractivity contribution >= 4 is 18.2 Å². The van der Waals surface area contributed by atoms with Gasteiger partial charge in [-0.05, 0) is 36.0 Å². The van der Waals surface area contributed by atoms with Gasteiger partial charge < -0.3 is 25.2 Å². The van der Waals surface area contributed by atoms with Crippen LogP contribution in [-0.2, 0) is 20.9 Å². The molecule has 8 nitrogen and oxygen atoms in total. The lowest BCUT2D eigenvalue weighted by Crippen LogP contribution is -2.41. The van der Waals surface area contributed by atoms with Gasteiger partial charge >= 0.3 is 18.2 Å². The van der Waals surface area contributed by atoms with Crippen LogP contribution in [0.5, 0.6) is 0 Å². The molecule has 0 radical (unpaired) electrons. The van der Waals surface area contributed by atoms with Crippen molar-refractivity contribution in [2.24, 2.45) is 0 Å². The van der Waals surface area contributed by atoms with Gasteiger partial charge in [0.25, 0.3) is 0 Å². The molecule has 3 N–H and O–H groups in total. The zero-order valence-electron chi connectivity index (χ0n) is 19.7. The topological polar surface area (TPSA) is 114 Å². The van der Waals surface area contributed by atoms with E-state index < -0.39 is 30.3 Å². The second-order valence-electron chi connectivity index (χ2n) is 8.48. The van der Waals surface area contributed by atoms with Gasteiger partial charge in [0.1, 0.15) is 12.6 Å². The number of amides is 2. The van der Waals surface area contributed by atoms with Gasteiger partial charge in [-0.1, -0.05) is 78.9 Å². The highest BCUT2D eigenvalue weighted by atomic mass is 16.6. The van der Waals surface area contributed by atoms with E-state index in [2.05, 4.69) is 10.6 Å². The highest BCUT2D eigenvalue weighted by molar-refractivity contribution is 5.82. The maximum absolute atomic E-state index is 12.6. The SMILES string of the molecule is O=C(NCCCC[C@@H](NC(=O)OC1c2ccccc2-c2ccccc21)C(=O)O)OCc1ccccc1. The average Bonchev–Trinajstić information content (AvgIpc) is 3.20. The van der Waals surface area contributed by atoms with Crippen molar-refractivity contribution in [1.82, 2.24) is 10.6 Å². The number of aliphatic carboxylic acids is 1. The molecule has 3 aromatic rings. The first-order chi connectivity index (χ1) is 17.5. The predicted octanol–water partition coefficient (Wildman–Crippen LogP) is 5.03. The van der Waals surface area contributed by atoms with Crippen molar-refractivity contribution in [3.05, 3.63) is 95.6 Å². The summed E-state index contributed by atoms with van der Waals surface area (Å²) in [5.74, 6) is -1.14. The molecule has 36 heavy (non-hydrogen) atoms. The highest BCUT2D eigenvalue weighted by Crippen LogP contribution is 2.45. The Morgan fingerprint density at radius 3 is 2.06 bits per heavy atom. The minimum absolute atomic E-state index is 0.176. The molecule has 0 heterocycles. The lowest BCUT2D eigenvalue weighted by Gasteiger charge is -2.19. The maximum atomic E-state index is 12.6. The van der Waals surface area contributed by atoms with Gasteiger partial charge in [-0.3, -0.25) is 0 Å². The first-order valence-electron chi connectivity index (χ1n) is 11.9. The summed E-state index contributed by atoms with van der Waals surface area (Å²) in [5.41, 5.74) is 4.61. The molecule has 0 bridgehead atoms. The number of carbonyl (C=O) groups is 3. The smallest absolute Gasteiger partial charge is 0.408 e. The number of alkyl carbamates (subject to hydrolysis) is 2. The van der Waals surface area contributed by atoms with Crippen molar-refractivity contribution in [3.8, 4) is 11.1 Å². The van der Waals surface area contributed by atoms with Crippen LogP contribution in [0.4, 0.5) is 9.59 Å². The minimum atomic E-state index is -1.14. The number of hydrogen-bond acceptors (Lipinski definition) is 5. The quantitative estimate of drug-likeness (QED) is 0.345. The van der Waals surface area contributed by atoms with Crippen LogP contribution in [0.3, 0.4) is 0 Å². The van der Waals surface area contributed by atoms with Gasteiger partial charge in [-0.15, -0.1) is 0 Å². The predicted molar refractivity (Wildman–Crippen MR) is 133 cm³/mol. The van der Waals surface area contributed by atoms with Crippen molar-refractivity contribution in [1.29, 1.82) is 0 Å². The van der Waals surface area contributed by atoms with E-state index in [1.165, 1.54) is 0 Å². The Morgan fingerprint density at radius 1 is 0.806 bits per heavy atom. The van der Waals surface area contributed by atoms with Crippen molar-refractivity contribution in [2.75, 3.05) is 6.54 Å². The van der Waals surface area contributed by atoms with Gasteiger partial charge in [0.05, 0.1) is 0 Å². The molecule has 0 spiro atoms. The Bertz CT molecular complexity index is 1170. The summed E-state index contributed by atoms with van der Waals surface area (Å²) in [7, 11) is 0. The molecule has 4 rings (SSSR count). The van der Waals surface area contributed by atoms with Gasteiger partial charge in [-0.25, -0.2) is 14.4 Å². The van der Waals surface area contributed by atoms with E-state index in [1.807, 2.05) is 78.9 Å². The normalized spacial score (nSPS) is 12.7. The van der Waals surface area contributed by atoms with Crippen LogP contribution in [0.2, 0.25) is 0 Å². The van der Waals surface area contributed by atoms with Crippen LogP contribution >= 0.6 is 0 Å². The summed E-state index contributed by atoms with van der Waals surface area (Å²) >= 11 is 0. The molecule has 0 aliphatic heterocycles. The van der Waals surface area contributed by atoms with Crippen molar-refractivity contribution < 1.29 is 29.0 Å². The molecule has 1 aliphatic rings. The number of ether oxygens (including phenoxy) is 2. The largest absolute Gasteiger partial charge is 0.480 e. The van der Waals surface area contributed by atoms with Gasteiger partial charge in [0, 0.05) is 17.7 Å². The third kappa shape index (κ3) is 6.21. The summed E-state index contributed by atoms with van der Waals surface area (Å²) in [6, 6.07) is 23.6. The standard InChI is InChI=1S/C28H28N2O6/c31-26(32)24(16-8-9-17-29-27(33)35-18-19-10-2-1-3-11-19)30-28(34)36-25-22-14-6-4-12-20(22)21-13-5-7-15-23(21)25/h1-7,10-15,24-25H,8-9,16-18H2,(H,29,33)(H,30,34)(H,31,32)/t24-/m1/s1. The molecule has 8 heteroatoms. The number of carboxylic acids is 1. The Morgan fingerprint density at radius 2 is 1.42 bits per heavy atom. The average molecular weight is 489 g/mol. The van der Waals surface area contributed by atoms with Crippen LogP contribution < -0.4 is 10.6 Å². The lowest BCUT2D eigenvalue weighted by molar-refractivity contribution is -0.139. The Hall–Kier alpha value is -4.33. The van der Waals surface area contributed by atoms with Crippen LogP contribution in [0, 0.1) is 0 Å². The second-order valence-corrected chi connectivity index (χ2v) is 8.48. The maximum Gasteiger partial charge on any atom is 0.408 e. The van der Waals surface area contributed by atoms with Gasteiger partial charge in [0.2, 0.25) is 0 Å². The molecular formula is C28H28N2O6.